The van der Waals surface area contributed by atoms with E-state index in [1.165, 1.54) is 17.9 Å². The Kier molecular flexibility index (Phi) is 4.08. The number of carboxylic acids is 1. The average Bonchev–Trinajstić information content (AvgIpc) is 2.68. The monoisotopic (exact) mass is 297 g/mol. The molecule has 5 nitrogen and oxygen atoms in total. The highest BCUT2D eigenvalue weighted by Crippen LogP contribution is 2.29. The first kappa shape index (κ1) is 14.5. The lowest BCUT2D eigenvalue weighted by Gasteiger charge is -2.17. The van der Waals surface area contributed by atoms with E-state index in [1.807, 2.05) is 0 Å². The summed E-state index contributed by atoms with van der Waals surface area (Å²) >= 11 is 1.07. The number of benzene rings is 1. The number of nitrogens with zero attached hydrogens (tertiary/aromatic N) is 1. The lowest BCUT2D eigenvalue weighted by Crippen LogP contribution is -2.25. The van der Waals surface area contributed by atoms with E-state index in [0.717, 1.165) is 23.9 Å². The van der Waals surface area contributed by atoms with Crippen molar-refractivity contribution in [2.24, 2.45) is 0 Å². The topological polar surface area (TPSA) is 74.7 Å². The number of anilines is 1. The van der Waals surface area contributed by atoms with Crippen molar-refractivity contribution < 1.29 is 23.9 Å². The molecule has 0 saturated carbocycles. The van der Waals surface area contributed by atoms with Gasteiger partial charge < -0.3 is 10.0 Å². The van der Waals surface area contributed by atoms with E-state index < -0.39 is 11.8 Å². The Balaban J connectivity index is 2.25. The second-order valence-electron chi connectivity index (χ2n) is 4.44. The van der Waals surface area contributed by atoms with Crippen LogP contribution in [-0.4, -0.2) is 33.9 Å². The van der Waals surface area contributed by atoms with Crippen LogP contribution in [0.25, 0.3) is 0 Å². The number of aromatic carboxylic acids is 1. The molecule has 1 unspecified atom stereocenters. The molecule has 1 heterocycles. The summed E-state index contributed by atoms with van der Waals surface area (Å²) in [5, 5.41) is 8.62. The molecule has 20 heavy (non-hydrogen) atoms. The molecule has 0 bridgehead atoms. The molecule has 1 aromatic rings. The molecule has 0 radical (unpaired) electrons. The van der Waals surface area contributed by atoms with Crippen molar-refractivity contribution in [3.05, 3.63) is 29.6 Å². The van der Waals surface area contributed by atoms with E-state index in [-0.39, 0.29) is 40.5 Å². The lowest BCUT2D eigenvalue weighted by molar-refractivity contribution is -0.117. The normalized spacial score (nSPS) is 18.4. The fourth-order valence-electron chi connectivity index (χ4n) is 2.09. The fraction of sp³-hybridized carbons (Fsp3) is 0.308. The molecule has 1 atom stereocenters. The largest absolute Gasteiger partial charge is 0.478 e. The maximum Gasteiger partial charge on any atom is 0.335 e. The number of thioether (sulfide) groups is 1. The molecule has 0 spiro atoms. The number of carbonyl (C=O) groups excluding carboxylic acids is 2. The summed E-state index contributed by atoms with van der Waals surface area (Å²) in [5.74, 6) is -2.21. The summed E-state index contributed by atoms with van der Waals surface area (Å²) in [6.07, 6.45) is 0.184. The summed E-state index contributed by atoms with van der Waals surface area (Å²) in [5.41, 5.74) is -0.00507. The molecule has 1 aliphatic rings. The molecule has 1 saturated heterocycles. The minimum Gasteiger partial charge on any atom is -0.478 e. The zero-order chi connectivity index (χ0) is 14.9. The van der Waals surface area contributed by atoms with Crippen LogP contribution in [0.4, 0.5) is 10.1 Å². The predicted molar refractivity (Wildman–Crippen MR) is 72.4 cm³/mol. The van der Waals surface area contributed by atoms with E-state index in [9.17, 15) is 18.8 Å². The molecule has 1 aromatic carbocycles. The Labute approximate surface area is 118 Å². The van der Waals surface area contributed by atoms with Crippen molar-refractivity contribution in [3.63, 3.8) is 0 Å². The van der Waals surface area contributed by atoms with Crippen molar-refractivity contribution in [1.29, 1.82) is 0 Å². The van der Waals surface area contributed by atoms with Gasteiger partial charge >= 0.3 is 5.97 Å². The van der Waals surface area contributed by atoms with Gasteiger partial charge in [0.25, 0.3) is 0 Å². The molecule has 1 fully saturated rings. The van der Waals surface area contributed by atoms with Gasteiger partial charge in [-0.2, -0.15) is 0 Å². The summed E-state index contributed by atoms with van der Waals surface area (Å²) in [4.78, 5) is 35.1. The van der Waals surface area contributed by atoms with Gasteiger partial charge in [0, 0.05) is 30.8 Å². The first-order chi connectivity index (χ1) is 9.36. The number of hydrogen-bond acceptors (Lipinski definition) is 4. The highest BCUT2D eigenvalue weighted by Gasteiger charge is 2.32. The average molecular weight is 297 g/mol. The molecule has 1 aliphatic heterocycles. The smallest absolute Gasteiger partial charge is 0.335 e. The van der Waals surface area contributed by atoms with Crippen LogP contribution >= 0.6 is 11.8 Å². The van der Waals surface area contributed by atoms with E-state index >= 15 is 0 Å². The molecule has 1 amide bonds. The van der Waals surface area contributed by atoms with Crippen molar-refractivity contribution in [1.82, 2.24) is 0 Å². The van der Waals surface area contributed by atoms with Gasteiger partial charge in [-0.15, -0.1) is 0 Å². The molecule has 0 aliphatic carbocycles. The van der Waals surface area contributed by atoms with Crippen LogP contribution in [-0.2, 0) is 9.59 Å². The minimum absolute atomic E-state index is 0.0879. The molecule has 106 valence electrons. The van der Waals surface area contributed by atoms with Crippen LogP contribution in [0.2, 0.25) is 0 Å². The third kappa shape index (κ3) is 3.16. The summed E-state index contributed by atoms with van der Waals surface area (Å²) in [6.45, 7) is 1.69. The molecule has 2 rings (SSSR count). The van der Waals surface area contributed by atoms with Crippen LogP contribution in [0, 0.1) is 5.82 Å². The molecule has 0 aromatic heterocycles. The van der Waals surface area contributed by atoms with E-state index in [0.29, 0.717) is 0 Å². The molecule has 7 heteroatoms. The SMILES string of the molecule is CC(=O)SC1CC(=O)N(c2cc(F)cc(C(=O)O)c2)C1. The molecular weight excluding hydrogens is 285 g/mol. The number of carboxylic acid groups (broad SMARTS) is 1. The Hall–Kier alpha value is -1.89. The van der Waals surface area contributed by atoms with E-state index in [1.54, 1.807) is 0 Å². The highest BCUT2D eigenvalue weighted by molar-refractivity contribution is 8.14. The zero-order valence-electron chi connectivity index (χ0n) is 10.6. The summed E-state index contributed by atoms with van der Waals surface area (Å²) in [6, 6.07) is 3.27. The number of halogens is 1. The van der Waals surface area contributed by atoms with Crippen molar-refractivity contribution in [3.8, 4) is 0 Å². The summed E-state index contributed by atoms with van der Waals surface area (Å²) in [7, 11) is 0. The Morgan fingerprint density at radius 1 is 1.40 bits per heavy atom. The Morgan fingerprint density at radius 2 is 2.10 bits per heavy atom. The third-order valence-corrected chi connectivity index (χ3v) is 3.84. The minimum atomic E-state index is -1.26. The number of rotatable bonds is 3. The Morgan fingerprint density at radius 3 is 2.70 bits per heavy atom. The number of carbonyl (C=O) groups is 3. The number of hydrogen-bond donors (Lipinski definition) is 1. The van der Waals surface area contributed by atoms with Crippen LogP contribution < -0.4 is 4.90 Å². The van der Waals surface area contributed by atoms with Gasteiger partial charge in [0.2, 0.25) is 5.91 Å². The van der Waals surface area contributed by atoms with Gasteiger partial charge in [-0.25, -0.2) is 9.18 Å². The fourth-order valence-corrected chi connectivity index (χ4v) is 3.01. The Bertz CT molecular complexity index is 590. The highest BCUT2D eigenvalue weighted by atomic mass is 32.2. The molecule has 1 N–H and O–H groups in total. The van der Waals surface area contributed by atoms with Crippen molar-refractivity contribution in [2.45, 2.75) is 18.6 Å². The van der Waals surface area contributed by atoms with Gasteiger partial charge in [0.05, 0.1) is 5.56 Å². The first-order valence-corrected chi connectivity index (χ1v) is 6.76. The first-order valence-electron chi connectivity index (χ1n) is 5.88. The van der Waals surface area contributed by atoms with Gasteiger partial charge in [0.15, 0.2) is 5.12 Å². The van der Waals surface area contributed by atoms with Crippen LogP contribution in [0.1, 0.15) is 23.7 Å². The standard InChI is InChI=1S/C13H12FNO4S/c1-7(16)20-11-5-12(17)15(6-11)10-3-8(13(18)19)2-9(14)4-10/h2-4,11H,5-6H2,1H3,(H,18,19). The van der Waals surface area contributed by atoms with Crippen LogP contribution in [0.5, 0.6) is 0 Å². The molecular formula is C13H12FNO4S. The van der Waals surface area contributed by atoms with Crippen molar-refractivity contribution >= 4 is 34.4 Å². The van der Waals surface area contributed by atoms with Gasteiger partial charge in [-0.05, 0) is 18.2 Å². The second-order valence-corrected chi connectivity index (χ2v) is 5.92. The van der Waals surface area contributed by atoms with Crippen LogP contribution in [0.3, 0.4) is 0 Å². The third-order valence-electron chi connectivity index (χ3n) is 2.86. The summed E-state index contributed by atoms with van der Waals surface area (Å²) < 4.78 is 13.4. The van der Waals surface area contributed by atoms with E-state index in [2.05, 4.69) is 0 Å². The van der Waals surface area contributed by atoms with E-state index in [4.69, 9.17) is 5.11 Å². The van der Waals surface area contributed by atoms with Gasteiger partial charge in [-0.3, -0.25) is 9.59 Å². The van der Waals surface area contributed by atoms with Gasteiger partial charge in [0.1, 0.15) is 5.82 Å². The van der Waals surface area contributed by atoms with Gasteiger partial charge in [-0.1, -0.05) is 11.8 Å². The van der Waals surface area contributed by atoms with Crippen molar-refractivity contribution in [2.75, 3.05) is 11.4 Å². The predicted octanol–water partition coefficient (Wildman–Crippen LogP) is 1.91. The number of amides is 1. The lowest BCUT2D eigenvalue weighted by atomic mass is 10.2. The maximum absolute atomic E-state index is 13.4. The quantitative estimate of drug-likeness (QED) is 0.922. The second kappa shape index (κ2) is 5.62. The zero-order valence-corrected chi connectivity index (χ0v) is 11.4. The van der Waals surface area contributed by atoms with Crippen LogP contribution in [0.15, 0.2) is 18.2 Å². The maximum atomic E-state index is 13.4.